The number of alkyl halides is 1. The minimum absolute atomic E-state index is 1.03. The Morgan fingerprint density at radius 1 is 1.06 bits per heavy atom. The maximum Gasteiger partial charge on any atom is 0.0919 e. The van der Waals surface area contributed by atoms with E-state index in [9.17, 15) is 0 Å². The maximum atomic E-state index is 8.38. The zero-order valence-electron chi connectivity index (χ0n) is 11.0. The summed E-state index contributed by atoms with van der Waals surface area (Å²) in [4.78, 5) is 6.42. The van der Waals surface area contributed by atoms with Crippen LogP contribution >= 0.6 is 15.9 Å². The number of allylic oxidation sites excluding steroid dienone is 1. The number of hydrogen-bond donors (Lipinski definition) is 2. The van der Waals surface area contributed by atoms with Crippen LogP contribution in [0.15, 0.2) is 31.1 Å². The first-order chi connectivity index (χ1) is 8.91. The van der Waals surface area contributed by atoms with Crippen molar-refractivity contribution in [2.24, 2.45) is 0 Å². The third kappa shape index (κ3) is 15.2. The first kappa shape index (κ1) is 17.2. The molecule has 0 atom stereocenters. The highest BCUT2D eigenvalue weighted by Crippen LogP contribution is 2.09. The van der Waals surface area contributed by atoms with Crippen LogP contribution in [-0.2, 0) is 0 Å². The number of aromatic nitrogens is 2. The van der Waals surface area contributed by atoms with Crippen molar-refractivity contribution in [1.82, 2.24) is 9.97 Å². The van der Waals surface area contributed by atoms with Gasteiger partial charge in [-0.05, 0) is 19.3 Å². The number of nitrogens with one attached hydrogen (secondary N) is 1. The molecular weight excluding hydrogens is 292 g/mol. The van der Waals surface area contributed by atoms with Crippen LogP contribution in [-0.4, -0.2) is 20.4 Å². The number of halogens is 1. The molecule has 0 saturated carbocycles. The minimum Gasteiger partial charge on any atom is -0.516 e. The van der Waals surface area contributed by atoms with E-state index in [1.54, 1.807) is 18.7 Å². The molecule has 0 aliphatic carbocycles. The number of aliphatic hydroxyl groups is 1. The second-order valence-corrected chi connectivity index (χ2v) is 4.89. The third-order valence-corrected chi connectivity index (χ3v) is 3.08. The maximum absolute atomic E-state index is 8.38. The molecule has 2 N–H and O–H groups in total. The molecule has 0 saturated heterocycles. The molecule has 104 valence electrons. The molecule has 0 aliphatic heterocycles. The van der Waals surface area contributed by atoms with E-state index in [4.69, 9.17) is 5.11 Å². The van der Waals surface area contributed by atoms with Gasteiger partial charge in [-0.1, -0.05) is 54.1 Å². The number of aliphatic hydroxyl groups excluding tert-OH is 1. The topological polar surface area (TPSA) is 48.9 Å². The molecule has 1 rings (SSSR count). The van der Waals surface area contributed by atoms with Gasteiger partial charge in [0.05, 0.1) is 12.6 Å². The second kappa shape index (κ2) is 16.2. The summed E-state index contributed by atoms with van der Waals surface area (Å²) in [5.41, 5.74) is 0. The van der Waals surface area contributed by atoms with Gasteiger partial charge >= 0.3 is 0 Å². The van der Waals surface area contributed by atoms with Gasteiger partial charge in [-0.15, -0.1) is 0 Å². The Labute approximate surface area is 119 Å². The molecule has 1 heterocycles. The van der Waals surface area contributed by atoms with E-state index in [-0.39, 0.29) is 0 Å². The molecule has 0 unspecified atom stereocenters. The number of nitrogens with zero attached hydrogens (tertiary/aromatic N) is 1. The highest BCUT2D eigenvalue weighted by molar-refractivity contribution is 9.09. The minimum atomic E-state index is 1.03. The molecule has 1 aromatic rings. The Kier molecular flexibility index (Phi) is 15.5. The summed E-state index contributed by atoms with van der Waals surface area (Å²) in [6.07, 6.45) is 18.4. The molecule has 0 bridgehead atoms. The van der Waals surface area contributed by atoms with Crippen molar-refractivity contribution in [3.8, 4) is 0 Å². The van der Waals surface area contributed by atoms with Crippen molar-refractivity contribution >= 4 is 15.9 Å². The number of hydrogen-bond acceptors (Lipinski definition) is 2. The molecule has 0 aliphatic rings. The largest absolute Gasteiger partial charge is 0.516 e. The zero-order valence-corrected chi connectivity index (χ0v) is 12.6. The Morgan fingerprint density at radius 2 is 1.72 bits per heavy atom. The van der Waals surface area contributed by atoms with E-state index >= 15 is 0 Å². The van der Waals surface area contributed by atoms with Crippen molar-refractivity contribution in [2.45, 2.75) is 51.4 Å². The fourth-order valence-corrected chi connectivity index (χ4v) is 1.93. The van der Waals surface area contributed by atoms with Gasteiger partial charge in [-0.25, -0.2) is 4.98 Å². The molecule has 0 fully saturated rings. The van der Waals surface area contributed by atoms with E-state index < -0.39 is 0 Å². The number of rotatable bonds is 9. The molecule has 0 radical (unpaired) electrons. The average molecular weight is 317 g/mol. The van der Waals surface area contributed by atoms with E-state index in [1.165, 1.54) is 44.9 Å². The van der Waals surface area contributed by atoms with Gasteiger partial charge in [0, 0.05) is 17.7 Å². The van der Waals surface area contributed by atoms with E-state index in [0.29, 0.717) is 0 Å². The van der Waals surface area contributed by atoms with Crippen LogP contribution in [0.3, 0.4) is 0 Å². The highest BCUT2D eigenvalue weighted by Gasteiger charge is 1.90. The van der Waals surface area contributed by atoms with Crippen LogP contribution in [0.5, 0.6) is 0 Å². The summed E-state index contributed by atoms with van der Waals surface area (Å²) in [6, 6.07) is 0. The highest BCUT2D eigenvalue weighted by atomic mass is 79.9. The molecule has 3 nitrogen and oxygen atoms in total. The smallest absolute Gasteiger partial charge is 0.0919 e. The van der Waals surface area contributed by atoms with E-state index in [2.05, 4.69) is 25.9 Å². The van der Waals surface area contributed by atoms with Crippen LogP contribution in [0, 0.1) is 0 Å². The van der Waals surface area contributed by atoms with Gasteiger partial charge < -0.3 is 10.1 Å². The van der Waals surface area contributed by atoms with Gasteiger partial charge in [0.1, 0.15) is 0 Å². The number of H-pyrrole nitrogens is 1. The van der Waals surface area contributed by atoms with E-state index in [0.717, 1.165) is 18.0 Å². The van der Waals surface area contributed by atoms with Gasteiger partial charge in [0.25, 0.3) is 0 Å². The Balaban J connectivity index is 0.000000473. The van der Waals surface area contributed by atoms with Crippen molar-refractivity contribution in [1.29, 1.82) is 0 Å². The molecule has 18 heavy (non-hydrogen) atoms. The number of unbranched alkanes of at least 4 members (excludes halogenated alkanes) is 7. The van der Waals surface area contributed by atoms with Crippen LogP contribution in [0.25, 0.3) is 0 Å². The van der Waals surface area contributed by atoms with Crippen LogP contribution in [0.1, 0.15) is 51.4 Å². The lowest BCUT2D eigenvalue weighted by Gasteiger charge is -1.99. The lowest BCUT2D eigenvalue weighted by Crippen LogP contribution is -1.80. The predicted octanol–water partition coefficient (Wildman–Crippen LogP) is 4.98. The van der Waals surface area contributed by atoms with Crippen molar-refractivity contribution in [2.75, 3.05) is 5.33 Å². The van der Waals surface area contributed by atoms with Gasteiger partial charge in [-0.3, -0.25) is 0 Å². The first-order valence-corrected chi connectivity index (χ1v) is 7.82. The van der Waals surface area contributed by atoms with Crippen molar-refractivity contribution in [3.05, 3.63) is 31.1 Å². The number of aromatic amines is 1. The molecule has 0 spiro atoms. The summed E-state index contributed by atoms with van der Waals surface area (Å²) < 4.78 is 0. The first-order valence-electron chi connectivity index (χ1n) is 6.69. The van der Waals surface area contributed by atoms with Gasteiger partial charge in [-0.2, -0.15) is 0 Å². The quantitative estimate of drug-likeness (QED) is 0.383. The van der Waals surface area contributed by atoms with E-state index in [1.807, 2.05) is 6.08 Å². The third-order valence-electron chi connectivity index (χ3n) is 2.52. The predicted molar refractivity (Wildman–Crippen MR) is 81.1 cm³/mol. The summed E-state index contributed by atoms with van der Waals surface area (Å²) in [6.45, 7) is 0. The Morgan fingerprint density at radius 3 is 2.17 bits per heavy atom. The molecular formula is C14H25BrN2O. The molecule has 4 heteroatoms. The standard InChI is InChI=1S/C11H21BrO.C3H4N2/c12-10-8-6-4-2-1-3-5-7-9-11-13;1-2-5-3-4-1/h9,11,13H,1-8,10H2;1-3H,(H,4,5). The number of imidazole rings is 1. The summed E-state index contributed by atoms with van der Waals surface area (Å²) in [7, 11) is 0. The lowest BCUT2D eigenvalue weighted by atomic mass is 10.1. The zero-order chi connectivity index (χ0) is 13.3. The summed E-state index contributed by atoms with van der Waals surface area (Å²) >= 11 is 3.43. The Bertz CT molecular complexity index is 233. The summed E-state index contributed by atoms with van der Waals surface area (Å²) in [5.74, 6) is 0. The lowest BCUT2D eigenvalue weighted by molar-refractivity contribution is 0.469. The van der Waals surface area contributed by atoms with Gasteiger partial charge in [0.2, 0.25) is 0 Å². The molecule has 0 amide bonds. The monoisotopic (exact) mass is 316 g/mol. The SMILES string of the molecule is OC=CCCCCCCCCCBr.c1c[nH]cn1. The molecule has 0 aromatic carbocycles. The molecule has 1 aromatic heterocycles. The van der Waals surface area contributed by atoms with Crippen LogP contribution in [0.4, 0.5) is 0 Å². The average Bonchev–Trinajstić information content (AvgIpc) is 2.96. The van der Waals surface area contributed by atoms with Gasteiger partial charge in [0.15, 0.2) is 0 Å². The van der Waals surface area contributed by atoms with Crippen LogP contribution < -0.4 is 0 Å². The summed E-state index contributed by atoms with van der Waals surface area (Å²) in [5, 5.41) is 9.53. The fourth-order valence-electron chi connectivity index (χ4n) is 1.53. The second-order valence-electron chi connectivity index (χ2n) is 4.10. The van der Waals surface area contributed by atoms with Crippen LogP contribution in [0.2, 0.25) is 0 Å². The van der Waals surface area contributed by atoms with Crippen molar-refractivity contribution in [3.63, 3.8) is 0 Å². The fraction of sp³-hybridized carbons (Fsp3) is 0.643. The van der Waals surface area contributed by atoms with Crippen molar-refractivity contribution < 1.29 is 5.11 Å². The normalized spacial score (nSPS) is 10.3. The Hall–Kier alpha value is -0.770.